The number of carbonyl (C=O) groups excluding carboxylic acids is 1. The summed E-state index contributed by atoms with van der Waals surface area (Å²) in [6, 6.07) is 5.37. The van der Waals surface area contributed by atoms with Crippen LogP contribution in [-0.2, 0) is 0 Å². The lowest BCUT2D eigenvalue weighted by molar-refractivity contribution is 0.0381. The van der Waals surface area contributed by atoms with Gasteiger partial charge in [-0.2, -0.15) is 0 Å². The van der Waals surface area contributed by atoms with Crippen molar-refractivity contribution < 1.29 is 19.4 Å². The van der Waals surface area contributed by atoms with E-state index in [1.54, 1.807) is 6.07 Å². The van der Waals surface area contributed by atoms with Gasteiger partial charge in [0.15, 0.2) is 11.5 Å². The predicted octanol–water partition coefficient (Wildman–Crippen LogP) is 1.59. The highest BCUT2D eigenvalue weighted by Crippen LogP contribution is 2.45. The van der Waals surface area contributed by atoms with Crippen LogP contribution in [0.2, 0.25) is 0 Å². The monoisotopic (exact) mass is 289 g/mol. The number of carbonyl (C=O) groups is 1. The minimum Gasteiger partial charge on any atom is -0.486 e. The molecule has 5 heteroatoms. The summed E-state index contributed by atoms with van der Waals surface area (Å²) in [6.45, 7) is 1.68. The second-order valence-corrected chi connectivity index (χ2v) is 6.09. The lowest BCUT2D eigenvalue weighted by Gasteiger charge is -2.30. The summed E-state index contributed by atoms with van der Waals surface area (Å²) in [5.74, 6) is 1.12. The van der Waals surface area contributed by atoms with Gasteiger partial charge in [-0.15, -0.1) is 0 Å². The van der Waals surface area contributed by atoms with Crippen molar-refractivity contribution in [3.05, 3.63) is 23.8 Å². The zero-order chi connectivity index (χ0) is 14.4. The SMILES string of the molecule is O=C(c1cccc2c1OCCO2)N1CCCC1C1(O)CC1. The normalized spacial score (nSPS) is 25.8. The zero-order valence-electron chi connectivity index (χ0n) is 11.9. The highest BCUT2D eigenvalue weighted by Gasteiger charge is 2.53. The Hall–Kier alpha value is -1.75. The molecule has 0 radical (unpaired) electrons. The van der Waals surface area contributed by atoms with Crippen LogP contribution in [0.15, 0.2) is 18.2 Å². The Kier molecular flexibility index (Phi) is 2.85. The number of benzene rings is 1. The van der Waals surface area contributed by atoms with Gasteiger partial charge in [-0.1, -0.05) is 6.07 Å². The molecule has 1 unspecified atom stereocenters. The molecule has 0 spiro atoms. The second-order valence-electron chi connectivity index (χ2n) is 6.09. The summed E-state index contributed by atoms with van der Waals surface area (Å²) in [6.07, 6.45) is 3.43. The minimum absolute atomic E-state index is 0.0506. The van der Waals surface area contributed by atoms with Crippen molar-refractivity contribution in [1.29, 1.82) is 0 Å². The molecule has 1 aliphatic carbocycles. The van der Waals surface area contributed by atoms with E-state index in [2.05, 4.69) is 0 Å². The summed E-state index contributed by atoms with van der Waals surface area (Å²) >= 11 is 0. The largest absolute Gasteiger partial charge is 0.486 e. The topological polar surface area (TPSA) is 59.0 Å². The number of hydrogen-bond donors (Lipinski definition) is 1. The first-order valence-corrected chi connectivity index (χ1v) is 7.61. The fourth-order valence-corrected chi connectivity index (χ4v) is 3.43. The number of fused-ring (bicyclic) bond motifs is 1. The first-order valence-electron chi connectivity index (χ1n) is 7.61. The summed E-state index contributed by atoms with van der Waals surface area (Å²) in [5, 5.41) is 10.4. The summed E-state index contributed by atoms with van der Waals surface area (Å²) < 4.78 is 11.2. The maximum absolute atomic E-state index is 12.9. The summed E-state index contributed by atoms with van der Waals surface area (Å²) in [5.41, 5.74) is -0.110. The molecule has 21 heavy (non-hydrogen) atoms. The van der Waals surface area contributed by atoms with Crippen LogP contribution >= 0.6 is 0 Å². The number of amides is 1. The van der Waals surface area contributed by atoms with E-state index in [-0.39, 0.29) is 11.9 Å². The highest BCUT2D eigenvalue weighted by molar-refractivity contribution is 5.98. The molecule has 2 heterocycles. The van der Waals surface area contributed by atoms with Crippen LogP contribution in [0, 0.1) is 0 Å². The average Bonchev–Trinajstić information content (AvgIpc) is 3.07. The van der Waals surface area contributed by atoms with Gasteiger partial charge in [0.2, 0.25) is 0 Å². The zero-order valence-corrected chi connectivity index (χ0v) is 11.9. The van der Waals surface area contributed by atoms with Gasteiger partial charge in [0.05, 0.1) is 17.2 Å². The minimum atomic E-state index is -0.654. The Morgan fingerprint density at radius 1 is 1.29 bits per heavy atom. The van der Waals surface area contributed by atoms with E-state index in [0.29, 0.717) is 36.8 Å². The molecule has 5 nitrogen and oxygen atoms in total. The third-order valence-corrected chi connectivity index (χ3v) is 4.69. The Morgan fingerprint density at radius 3 is 2.90 bits per heavy atom. The van der Waals surface area contributed by atoms with Crippen LogP contribution in [0.4, 0.5) is 0 Å². The lowest BCUT2D eigenvalue weighted by atomic mass is 10.1. The number of likely N-dealkylation sites (tertiary alicyclic amines) is 1. The molecule has 2 fully saturated rings. The molecule has 1 saturated heterocycles. The Morgan fingerprint density at radius 2 is 2.10 bits per heavy atom. The Labute approximate surface area is 123 Å². The third-order valence-electron chi connectivity index (χ3n) is 4.69. The van der Waals surface area contributed by atoms with Crippen LogP contribution in [0.25, 0.3) is 0 Å². The first-order chi connectivity index (χ1) is 10.2. The molecular formula is C16H19NO4. The van der Waals surface area contributed by atoms with Crippen molar-refractivity contribution in [2.24, 2.45) is 0 Å². The molecule has 1 amide bonds. The first kappa shape index (κ1) is 13.0. The van der Waals surface area contributed by atoms with Gasteiger partial charge < -0.3 is 19.5 Å². The van der Waals surface area contributed by atoms with Crippen LogP contribution in [0.5, 0.6) is 11.5 Å². The van der Waals surface area contributed by atoms with Gasteiger partial charge in [0.1, 0.15) is 13.2 Å². The fourth-order valence-electron chi connectivity index (χ4n) is 3.43. The summed E-state index contributed by atoms with van der Waals surface area (Å²) in [4.78, 5) is 14.7. The van der Waals surface area contributed by atoms with Gasteiger partial charge in [-0.3, -0.25) is 4.79 Å². The van der Waals surface area contributed by atoms with Crippen molar-refractivity contribution in [2.75, 3.05) is 19.8 Å². The van der Waals surface area contributed by atoms with Crippen LogP contribution in [0.1, 0.15) is 36.0 Å². The molecule has 0 aromatic heterocycles. The quantitative estimate of drug-likeness (QED) is 0.898. The van der Waals surface area contributed by atoms with Crippen LogP contribution < -0.4 is 9.47 Å². The number of rotatable bonds is 2. The molecule has 0 bridgehead atoms. The molecule has 1 aromatic carbocycles. The second kappa shape index (κ2) is 4.63. The van der Waals surface area contributed by atoms with Crippen molar-refractivity contribution in [3.8, 4) is 11.5 Å². The van der Waals surface area contributed by atoms with Gasteiger partial charge in [-0.05, 0) is 37.8 Å². The number of aliphatic hydroxyl groups is 1. The number of hydrogen-bond acceptors (Lipinski definition) is 4. The van der Waals surface area contributed by atoms with Crippen molar-refractivity contribution in [3.63, 3.8) is 0 Å². The standard InChI is InChI=1S/C16H19NO4/c18-15(17-8-2-5-13(17)16(19)6-7-16)11-3-1-4-12-14(11)21-10-9-20-12/h1,3-4,13,19H,2,5-10H2. The van der Waals surface area contributed by atoms with Gasteiger partial charge >= 0.3 is 0 Å². The molecule has 1 aromatic rings. The molecular weight excluding hydrogens is 270 g/mol. The highest BCUT2D eigenvalue weighted by atomic mass is 16.6. The number of para-hydroxylation sites is 1. The molecule has 3 aliphatic rings. The molecule has 1 N–H and O–H groups in total. The maximum Gasteiger partial charge on any atom is 0.258 e. The van der Waals surface area contributed by atoms with Crippen molar-refractivity contribution in [2.45, 2.75) is 37.3 Å². The summed E-state index contributed by atoms with van der Waals surface area (Å²) in [7, 11) is 0. The van der Waals surface area contributed by atoms with Crippen LogP contribution in [0.3, 0.4) is 0 Å². The van der Waals surface area contributed by atoms with Gasteiger partial charge in [-0.25, -0.2) is 0 Å². The van der Waals surface area contributed by atoms with E-state index in [4.69, 9.17) is 9.47 Å². The molecule has 1 saturated carbocycles. The molecule has 112 valence electrons. The number of nitrogens with zero attached hydrogens (tertiary/aromatic N) is 1. The fraction of sp³-hybridized carbons (Fsp3) is 0.562. The van der Waals surface area contributed by atoms with Crippen LogP contribution in [-0.4, -0.2) is 47.3 Å². The number of ether oxygens (including phenoxy) is 2. The lowest BCUT2D eigenvalue weighted by Crippen LogP contribution is -2.44. The molecule has 1 atom stereocenters. The molecule has 4 rings (SSSR count). The Balaban J connectivity index is 1.65. The van der Waals surface area contributed by atoms with E-state index >= 15 is 0 Å². The predicted molar refractivity (Wildman–Crippen MR) is 75.7 cm³/mol. The van der Waals surface area contributed by atoms with Crippen molar-refractivity contribution >= 4 is 5.91 Å². The van der Waals surface area contributed by atoms with E-state index in [1.165, 1.54) is 0 Å². The maximum atomic E-state index is 12.9. The van der Waals surface area contributed by atoms with Gasteiger partial charge in [0, 0.05) is 6.54 Å². The third kappa shape index (κ3) is 2.07. The van der Waals surface area contributed by atoms with Crippen molar-refractivity contribution in [1.82, 2.24) is 4.90 Å². The van der Waals surface area contributed by atoms with E-state index in [9.17, 15) is 9.90 Å². The Bertz CT molecular complexity index is 582. The van der Waals surface area contributed by atoms with Gasteiger partial charge in [0.25, 0.3) is 5.91 Å². The van der Waals surface area contributed by atoms with E-state index < -0.39 is 5.60 Å². The van der Waals surface area contributed by atoms with E-state index in [0.717, 1.165) is 25.7 Å². The average molecular weight is 289 g/mol. The van der Waals surface area contributed by atoms with E-state index in [1.807, 2.05) is 17.0 Å². The molecule has 2 aliphatic heterocycles. The smallest absolute Gasteiger partial charge is 0.258 e.